The first kappa shape index (κ1) is 9.52. The van der Waals surface area contributed by atoms with Gasteiger partial charge in [-0.2, -0.15) is 0 Å². The van der Waals surface area contributed by atoms with Gasteiger partial charge < -0.3 is 9.32 Å². The molecule has 0 saturated heterocycles. The van der Waals surface area contributed by atoms with Gasteiger partial charge in [-0.25, -0.2) is 0 Å². The van der Waals surface area contributed by atoms with E-state index in [-0.39, 0.29) is 5.91 Å². The number of amides is 1. The van der Waals surface area contributed by atoms with Crippen molar-refractivity contribution in [2.45, 2.75) is 6.42 Å². The van der Waals surface area contributed by atoms with Gasteiger partial charge in [0.05, 0.1) is 11.8 Å². The second-order valence-electron chi connectivity index (χ2n) is 3.12. The summed E-state index contributed by atoms with van der Waals surface area (Å²) >= 11 is 3.20. The van der Waals surface area contributed by atoms with Crippen LogP contribution >= 0.6 is 15.9 Å². The molecule has 0 aromatic carbocycles. The van der Waals surface area contributed by atoms with Crippen LogP contribution in [0.15, 0.2) is 33.6 Å². The van der Waals surface area contributed by atoms with Gasteiger partial charge in [0.2, 0.25) is 0 Å². The zero-order chi connectivity index (χ0) is 9.97. The third-order valence-corrected chi connectivity index (χ3v) is 2.81. The summed E-state index contributed by atoms with van der Waals surface area (Å²) in [4.78, 5) is 13.7. The van der Waals surface area contributed by atoms with Crippen LogP contribution in [0.4, 0.5) is 0 Å². The maximum atomic E-state index is 11.9. The molecule has 1 aromatic heterocycles. The summed E-state index contributed by atoms with van der Waals surface area (Å²) in [5.41, 5.74) is 0.598. The van der Waals surface area contributed by atoms with Gasteiger partial charge in [-0.3, -0.25) is 4.79 Å². The SMILES string of the molecule is O=C(c1ccoc1Br)N1CC=CCC1. The minimum atomic E-state index is 0.0231. The van der Waals surface area contributed by atoms with Crippen LogP contribution in [-0.4, -0.2) is 23.9 Å². The van der Waals surface area contributed by atoms with Gasteiger partial charge in [0.15, 0.2) is 4.67 Å². The normalized spacial score (nSPS) is 15.9. The van der Waals surface area contributed by atoms with E-state index in [4.69, 9.17) is 4.42 Å². The van der Waals surface area contributed by atoms with E-state index in [2.05, 4.69) is 22.0 Å². The predicted molar refractivity (Wildman–Crippen MR) is 56.1 cm³/mol. The van der Waals surface area contributed by atoms with Crippen molar-refractivity contribution in [3.63, 3.8) is 0 Å². The Bertz CT molecular complexity index is 370. The van der Waals surface area contributed by atoms with E-state index >= 15 is 0 Å². The van der Waals surface area contributed by atoms with Crippen molar-refractivity contribution in [3.05, 3.63) is 34.7 Å². The van der Waals surface area contributed by atoms with Gasteiger partial charge in [0.1, 0.15) is 0 Å². The number of nitrogens with zero attached hydrogens (tertiary/aromatic N) is 1. The van der Waals surface area contributed by atoms with E-state index in [1.807, 2.05) is 6.08 Å². The van der Waals surface area contributed by atoms with Crippen LogP contribution < -0.4 is 0 Å². The summed E-state index contributed by atoms with van der Waals surface area (Å²) in [5.74, 6) is 0.0231. The maximum absolute atomic E-state index is 11.9. The predicted octanol–water partition coefficient (Wildman–Crippen LogP) is 2.44. The lowest BCUT2D eigenvalue weighted by molar-refractivity contribution is 0.0769. The summed E-state index contributed by atoms with van der Waals surface area (Å²) in [6, 6.07) is 1.69. The minimum Gasteiger partial charge on any atom is -0.457 e. The summed E-state index contributed by atoms with van der Waals surface area (Å²) in [5, 5.41) is 0. The molecule has 0 radical (unpaired) electrons. The monoisotopic (exact) mass is 255 g/mol. The summed E-state index contributed by atoms with van der Waals surface area (Å²) < 4.78 is 5.54. The van der Waals surface area contributed by atoms with Crippen LogP contribution in [0.3, 0.4) is 0 Å². The van der Waals surface area contributed by atoms with E-state index in [0.717, 1.165) is 13.0 Å². The van der Waals surface area contributed by atoms with Crippen LogP contribution in [0.5, 0.6) is 0 Å². The molecule has 0 atom stereocenters. The van der Waals surface area contributed by atoms with Gasteiger partial charge in [0.25, 0.3) is 5.91 Å². The lowest BCUT2D eigenvalue weighted by Crippen LogP contribution is -2.33. The van der Waals surface area contributed by atoms with E-state index in [1.165, 1.54) is 6.26 Å². The molecule has 4 heteroatoms. The lowest BCUT2D eigenvalue weighted by atomic mass is 10.2. The number of carbonyl (C=O) groups excluding carboxylic acids is 1. The number of carbonyl (C=O) groups is 1. The Labute approximate surface area is 90.5 Å². The van der Waals surface area contributed by atoms with Crippen LogP contribution in [0.25, 0.3) is 0 Å². The Balaban J connectivity index is 2.16. The highest BCUT2D eigenvalue weighted by atomic mass is 79.9. The molecule has 1 aliphatic heterocycles. The van der Waals surface area contributed by atoms with Crippen molar-refractivity contribution < 1.29 is 9.21 Å². The largest absolute Gasteiger partial charge is 0.457 e. The topological polar surface area (TPSA) is 33.5 Å². The molecular weight excluding hydrogens is 246 g/mol. The molecule has 2 rings (SSSR count). The molecule has 1 aliphatic rings. The fraction of sp³-hybridized carbons (Fsp3) is 0.300. The summed E-state index contributed by atoms with van der Waals surface area (Å²) in [6.45, 7) is 1.48. The molecule has 0 N–H and O–H groups in total. The van der Waals surface area contributed by atoms with Crippen LogP contribution in [0.2, 0.25) is 0 Å². The molecule has 0 spiro atoms. The standard InChI is InChI=1S/C10H10BrNO2/c11-9-8(4-7-14-9)10(13)12-5-2-1-3-6-12/h1-2,4,7H,3,5-6H2. The van der Waals surface area contributed by atoms with Gasteiger partial charge in [-0.15, -0.1) is 0 Å². The Morgan fingerprint density at radius 1 is 1.50 bits per heavy atom. The van der Waals surface area contributed by atoms with E-state index < -0.39 is 0 Å². The highest BCUT2D eigenvalue weighted by Crippen LogP contribution is 2.20. The van der Waals surface area contributed by atoms with Gasteiger partial charge >= 0.3 is 0 Å². The molecule has 14 heavy (non-hydrogen) atoms. The second-order valence-corrected chi connectivity index (χ2v) is 3.84. The Kier molecular flexibility index (Phi) is 2.72. The molecule has 0 aliphatic carbocycles. The van der Waals surface area contributed by atoms with Crippen LogP contribution in [0.1, 0.15) is 16.8 Å². The van der Waals surface area contributed by atoms with Crippen molar-refractivity contribution in [1.82, 2.24) is 4.90 Å². The number of hydrogen-bond donors (Lipinski definition) is 0. The number of hydrogen-bond acceptors (Lipinski definition) is 2. The Morgan fingerprint density at radius 2 is 2.36 bits per heavy atom. The zero-order valence-electron chi connectivity index (χ0n) is 7.57. The fourth-order valence-electron chi connectivity index (χ4n) is 1.44. The molecule has 1 amide bonds. The van der Waals surface area contributed by atoms with Crippen molar-refractivity contribution in [3.8, 4) is 0 Å². The van der Waals surface area contributed by atoms with Gasteiger partial charge in [0, 0.05) is 13.1 Å². The first-order valence-electron chi connectivity index (χ1n) is 4.46. The highest BCUT2D eigenvalue weighted by molar-refractivity contribution is 9.10. The van der Waals surface area contributed by atoms with Gasteiger partial charge in [-0.05, 0) is 28.4 Å². The quantitative estimate of drug-likeness (QED) is 0.723. The van der Waals surface area contributed by atoms with Crippen molar-refractivity contribution in [1.29, 1.82) is 0 Å². The smallest absolute Gasteiger partial charge is 0.258 e. The summed E-state index contributed by atoms with van der Waals surface area (Å²) in [7, 11) is 0. The average molecular weight is 256 g/mol. The van der Waals surface area contributed by atoms with Crippen LogP contribution in [0, 0.1) is 0 Å². The second kappa shape index (κ2) is 4.00. The minimum absolute atomic E-state index is 0.0231. The molecule has 0 bridgehead atoms. The molecular formula is C10H10BrNO2. The Morgan fingerprint density at radius 3 is 2.93 bits per heavy atom. The molecule has 2 heterocycles. The fourth-order valence-corrected chi connectivity index (χ4v) is 1.85. The molecule has 0 unspecified atom stereocenters. The number of rotatable bonds is 1. The third-order valence-electron chi connectivity index (χ3n) is 2.19. The van der Waals surface area contributed by atoms with Crippen molar-refractivity contribution in [2.75, 3.05) is 13.1 Å². The number of halogens is 1. The highest BCUT2D eigenvalue weighted by Gasteiger charge is 2.19. The molecule has 74 valence electrons. The van der Waals surface area contributed by atoms with Crippen molar-refractivity contribution >= 4 is 21.8 Å². The Hall–Kier alpha value is -1.03. The first-order chi connectivity index (χ1) is 6.79. The maximum Gasteiger partial charge on any atom is 0.258 e. The summed E-state index contributed by atoms with van der Waals surface area (Å²) in [6.07, 6.45) is 6.54. The lowest BCUT2D eigenvalue weighted by Gasteiger charge is -2.22. The average Bonchev–Trinajstić information content (AvgIpc) is 2.65. The zero-order valence-corrected chi connectivity index (χ0v) is 9.16. The van der Waals surface area contributed by atoms with Crippen molar-refractivity contribution in [2.24, 2.45) is 0 Å². The molecule has 0 saturated carbocycles. The van der Waals surface area contributed by atoms with E-state index in [1.54, 1.807) is 11.0 Å². The van der Waals surface area contributed by atoms with E-state index in [9.17, 15) is 4.79 Å². The third kappa shape index (κ3) is 1.75. The molecule has 0 fully saturated rings. The first-order valence-corrected chi connectivity index (χ1v) is 5.25. The molecule has 1 aromatic rings. The van der Waals surface area contributed by atoms with Gasteiger partial charge in [-0.1, -0.05) is 12.2 Å². The number of furan rings is 1. The van der Waals surface area contributed by atoms with Crippen LogP contribution in [-0.2, 0) is 0 Å². The van der Waals surface area contributed by atoms with E-state index in [0.29, 0.717) is 16.8 Å². The molecule has 3 nitrogen and oxygen atoms in total.